The smallest absolute Gasteiger partial charge is 0.123 e. The maximum atomic E-state index is 10.3. The predicted octanol–water partition coefficient (Wildman–Crippen LogP) is 6.12. The van der Waals surface area contributed by atoms with Crippen LogP contribution in [0.1, 0.15) is 11.1 Å². The number of aromatic hydroxyl groups is 1. The van der Waals surface area contributed by atoms with E-state index < -0.39 is 0 Å². The van der Waals surface area contributed by atoms with E-state index in [2.05, 4.69) is 66.7 Å². The first-order valence-corrected chi connectivity index (χ1v) is 12.1. The molecular weight excluding hydrogens is 436 g/mol. The predicted molar refractivity (Wildman–Crippen MR) is 139 cm³/mol. The summed E-state index contributed by atoms with van der Waals surface area (Å²) < 4.78 is 15.1. The standard InChI is InChI=1S/C25H20O.C6H10O3/c26-25-14-8-7-13-24(25)23-17-20(15-19-9-3-1-4-10-19)16-22(18-23)21-11-5-2-6-12-21;1(5-3-8-5)7-2-6-4-9-6/h1-14,16-18,26H,15H2;5-6H,1-4H2. The Labute approximate surface area is 206 Å². The molecule has 0 spiro atoms. The van der Waals surface area contributed by atoms with Gasteiger partial charge in [0.05, 0.1) is 26.4 Å². The van der Waals surface area contributed by atoms with Gasteiger partial charge < -0.3 is 19.3 Å². The fourth-order valence-corrected chi connectivity index (χ4v) is 3.96. The zero-order valence-electron chi connectivity index (χ0n) is 19.7. The lowest BCUT2D eigenvalue weighted by Crippen LogP contribution is -2.06. The summed E-state index contributed by atoms with van der Waals surface area (Å²) in [5.41, 5.74) is 6.75. The lowest BCUT2D eigenvalue weighted by atomic mass is 9.93. The molecule has 0 amide bonds. The van der Waals surface area contributed by atoms with Crippen LogP contribution in [0.15, 0.2) is 103 Å². The van der Waals surface area contributed by atoms with E-state index in [4.69, 9.17) is 14.2 Å². The summed E-state index contributed by atoms with van der Waals surface area (Å²) in [5.74, 6) is 0.309. The third-order valence-electron chi connectivity index (χ3n) is 5.98. The van der Waals surface area contributed by atoms with E-state index in [9.17, 15) is 5.11 Å². The van der Waals surface area contributed by atoms with Gasteiger partial charge in [0, 0.05) is 5.56 Å². The molecule has 0 saturated carbocycles. The molecule has 2 heterocycles. The van der Waals surface area contributed by atoms with Gasteiger partial charge in [-0.25, -0.2) is 0 Å². The summed E-state index contributed by atoms with van der Waals surface area (Å²) in [6.45, 7) is 3.26. The molecule has 0 radical (unpaired) electrons. The number of rotatable bonds is 8. The zero-order valence-corrected chi connectivity index (χ0v) is 19.7. The molecular formula is C31H30O4. The number of ether oxygens (including phenoxy) is 3. The lowest BCUT2D eigenvalue weighted by Gasteiger charge is -2.12. The van der Waals surface area contributed by atoms with Crippen LogP contribution in [0.4, 0.5) is 0 Å². The van der Waals surface area contributed by atoms with Gasteiger partial charge in [-0.1, -0.05) is 91.0 Å². The minimum atomic E-state index is 0.309. The maximum Gasteiger partial charge on any atom is 0.123 e. The van der Waals surface area contributed by atoms with Crippen LogP contribution in [0.5, 0.6) is 5.75 Å². The van der Waals surface area contributed by atoms with Crippen molar-refractivity contribution >= 4 is 0 Å². The Bertz CT molecular complexity index is 1200. The molecule has 0 aliphatic carbocycles. The molecule has 4 aromatic rings. The number of epoxide rings is 2. The Morgan fingerprint density at radius 3 is 1.83 bits per heavy atom. The molecule has 2 atom stereocenters. The number of benzene rings is 4. The van der Waals surface area contributed by atoms with Crippen molar-refractivity contribution in [1.29, 1.82) is 0 Å². The zero-order chi connectivity index (χ0) is 23.9. The normalized spacial score (nSPS) is 17.8. The number of para-hydroxylation sites is 1. The quantitative estimate of drug-likeness (QED) is 0.318. The van der Waals surface area contributed by atoms with Gasteiger partial charge in [-0.2, -0.15) is 0 Å². The highest BCUT2D eigenvalue weighted by atomic mass is 16.6. The molecule has 2 aliphatic heterocycles. The van der Waals surface area contributed by atoms with Crippen molar-refractivity contribution in [1.82, 2.24) is 0 Å². The molecule has 0 aromatic heterocycles. The minimum absolute atomic E-state index is 0.309. The first-order chi connectivity index (χ1) is 17.2. The highest BCUT2D eigenvalue weighted by molar-refractivity contribution is 5.77. The van der Waals surface area contributed by atoms with Gasteiger partial charge in [-0.3, -0.25) is 0 Å². The summed E-state index contributed by atoms with van der Waals surface area (Å²) in [7, 11) is 0. The van der Waals surface area contributed by atoms with Gasteiger partial charge in [0.2, 0.25) is 0 Å². The van der Waals surface area contributed by atoms with Crippen molar-refractivity contribution < 1.29 is 19.3 Å². The Kier molecular flexibility index (Phi) is 7.54. The van der Waals surface area contributed by atoms with E-state index in [1.165, 1.54) is 16.7 Å². The van der Waals surface area contributed by atoms with Crippen LogP contribution >= 0.6 is 0 Å². The monoisotopic (exact) mass is 466 g/mol. The Hall–Kier alpha value is -3.44. The molecule has 178 valence electrons. The third kappa shape index (κ3) is 7.03. The number of phenols is 1. The van der Waals surface area contributed by atoms with Gasteiger partial charge in [0.1, 0.15) is 18.0 Å². The summed E-state index contributed by atoms with van der Waals surface area (Å²) in [5, 5.41) is 10.3. The summed E-state index contributed by atoms with van der Waals surface area (Å²) in [6.07, 6.45) is 1.65. The SMILES string of the molecule is C(OCC1CO1)C1CO1.Oc1ccccc1-c1cc(Cc2ccccc2)cc(-c2ccccc2)c1. The lowest BCUT2D eigenvalue weighted by molar-refractivity contribution is 0.102. The molecule has 0 bridgehead atoms. The van der Waals surface area contributed by atoms with Gasteiger partial charge in [-0.15, -0.1) is 0 Å². The topological polar surface area (TPSA) is 54.5 Å². The highest BCUT2D eigenvalue weighted by Gasteiger charge is 2.26. The molecule has 1 N–H and O–H groups in total. The molecule has 2 unspecified atom stereocenters. The molecule has 4 aromatic carbocycles. The highest BCUT2D eigenvalue weighted by Crippen LogP contribution is 2.33. The van der Waals surface area contributed by atoms with Crippen LogP contribution < -0.4 is 0 Å². The van der Waals surface area contributed by atoms with Crippen LogP contribution in [-0.4, -0.2) is 43.7 Å². The molecule has 2 saturated heterocycles. The van der Waals surface area contributed by atoms with E-state index in [-0.39, 0.29) is 0 Å². The number of hydrogen-bond acceptors (Lipinski definition) is 4. The van der Waals surface area contributed by atoms with Gasteiger partial charge >= 0.3 is 0 Å². The van der Waals surface area contributed by atoms with E-state index in [0.29, 0.717) is 18.0 Å². The average Bonchev–Trinajstić information content (AvgIpc) is 3.83. The van der Waals surface area contributed by atoms with Crippen molar-refractivity contribution in [3.63, 3.8) is 0 Å². The van der Waals surface area contributed by atoms with E-state index in [0.717, 1.165) is 49.5 Å². The van der Waals surface area contributed by atoms with Crippen LogP contribution in [0.3, 0.4) is 0 Å². The van der Waals surface area contributed by atoms with Crippen LogP contribution in [0.25, 0.3) is 22.3 Å². The first-order valence-electron chi connectivity index (χ1n) is 12.1. The van der Waals surface area contributed by atoms with E-state index in [1.54, 1.807) is 6.07 Å². The van der Waals surface area contributed by atoms with Gasteiger partial charge in [0.25, 0.3) is 0 Å². The minimum Gasteiger partial charge on any atom is -0.507 e. The number of hydrogen-bond donors (Lipinski definition) is 1. The Morgan fingerprint density at radius 1 is 0.629 bits per heavy atom. The fourth-order valence-electron chi connectivity index (χ4n) is 3.96. The van der Waals surface area contributed by atoms with Gasteiger partial charge in [-0.05, 0) is 46.4 Å². The molecule has 35 heavy (non-hydrogen) atoms. The van der Waals surface area contributed by atoms with Crippen LogP contribution in [-0.2, 0) is 20.6 Å². The van der Waals surface area contributed by atoms with E-state index >= 15 is 0 Å². The van der Waals surface area contributed by atoms with Gasteiger partial charge in [0.15, 0.2) is 0 Å². The summed E-state index contributed by atoms with van der Waals surface area (Å²) in [6, 6.07) is 34.9. The largest absolute Gasteiger partial charge is 0.507 e. The van der Waals surface area contributed by atoms with Crippen molar-refractivity contribution in [3.8, 4) is 28.0 Å². The molecule has 6 rings (SSSR count). The Balaban J connectivity index is 0.000000234. The molecule has 2 fully saturated rings. The van der Waals surface area contributed by atoms with Crippen molar-refractivity contribution in [2.45, 2.75) is 18.6 Å². The third-order valence-corrected chi connectivity index (χ3v) is 5.98. The second kappa shape index (κ2) is 11.3. The van der Waals surface area contributed by atoms with Crippen molar-refractivity contribution in [3.05, 3.63) is 114 Å². The maximum absolute atomic E-state index is 10.3. The molecule has 2 aliphatic rings. The summed E-state index contributed by atoms with van der Waals surface area (Å²) >= 11 is 0. The number of phenolic OH excluding ortho intramolecular Hbond substituents is 1. The second-order valence-corrected chi connectivity index (χ2v) is 8.91. The van der Waals surface area contributed by atoms with E-state index in [1.807, 2.05) is 30.3 Å². The summed E-state index contributed by atoms with van der Waals surface area (Å²) in [4.78, 5) is 0. The van der Waals surface area contributed by atoms with Crippen LogP contribution in [0.2, 0.25) is 0 Å². The average molecular weight is 467 g/mol. The molecule has 4 heteroatoms. The fraction of sp³-hybridized carbons (Fsp3) is 0.226. The van der Waals surface area contributed by atoms with Crippen LogP contribution in [0, 0.1) is 0 Å². The molecule has 4 nitrogen and oxygen atoms in total. The first kappa shape index (κ1) is 23.3. The van der Waals surface area contributed by atoms with Crippen molar-refractivity contribution in [2.75, 3.05) is 26.4 Å². The second-order valence-electron chi connectivity index (χ2n) is 8.91. The Morgan fingerprint density at radius 2 is 1.20 bits per heavy atom. The van der Waals surface area contributed by atoms with Crippen molar-refractivity contribution in [2.24, 2.45) is 0 Å².